The second-order valence-corrected chi connectivity index (χ2v) is 16.1. The number of nitrogens with one attached hydrogen (secondary N) is 1. The molecule has 2 saturated heterocycles. The molecule has 2 aromatic heterocycles. The Kier molecular flexibility index (Phi) is 10.4. The molecule has 13 nitrogen and oxygen atoms in total. The Morgan fingerprint density at radius 1 is 0.980 bits per heavy atom. The summed E-state index contributed by atoms with van der Waals surface area (Å²) in [7, 11) is -3.44. The van der Waals surface area contributed by atoms with E-state index in [1.54, 1.807) is 8.61 Å². The average Bonchev–Trinajstić information content (AvgIpc) is 3.77. The fourth-order valence-electron chi connectivity index (χ4n) is 6.04. The van der Waals surface area contributed by atoms with Gasteiger partial charge in [0.25, 0.3) is 15.8 Å². The Morgan fingerprint density at radius 2 is 1.61 bits per heavy atom. The number of rotatable bonds is 10. The molecule has 0 amide bonds. The van der Waals surface area contributed by atoms with E-state index in [1.807, 2.05) is 44.2 Å². The molecule has 0 bridgehead atoms. The number of carbonyl (C=O) groups excluding carboxylic acids is 1. The van der Waals surface area contributed by atoms with E-state index in [1.165, 1.54) is 23.5 Å². The van der Waals surface area contributed by atoms with Crippen LogP contribution in [0, 0.1) is 0 Å². The van der Waals surface area contributed by atoms with E-state index >= 15 is 0 Å². The maximum absolute atomic E-state index is 13.6. The van der Waals surface area contributed by atoms with Crippen molar-refractivity contribution in [2.24, 2.45) is 0 Å². The van der Waals surface area contributed by atoms with E-state index in [0.717, 1.165) is 29.3 Å². The molecular formula is C32H35Cl2N7O6S2. The molecule has 0 unspecified atom stereocenters. The molecule has 2 aliphatic rings. The molecule has 4 heterocycles. The molecular weight excluding hydrogens is 713 g/mol. The summed E-state index contributed by atoms with van der Waals surface area (Å²) >= 11 is 14.7. The van der Waals surface area contributed by atoms with E-state index < -0.39 is 32.8 Å². The summed E-state index contributed by atoms with van der Waals surface area (Å²) in [6, 6.07) is 12.4. The van der Waals surface area contributed by atoms with Crippen LogP contribution in [0.3, 0.4) is 0 Å². The topological polar surface area (TPSA) is 151 Å². The number of esters is 1. The van der Waals surface area contributed by atoms with Crippen molar-refractivity contribution < 1.29 is 17.9 Å². The molecule has 0 saturated carbocycles. The van der Waals surface area contributed by atoms with Crippen LogP contribution in [-0.2, 0) is 20.4 Å². The molecule has 4 aromatic rings. The van der Waals surface area contributed by atoms with Crippen molar-refractivity contribution in [1.82, 2.24) is 33.3 Å². The highest BCUT2D eigenvalue weighted by molar-refractivity contribution is 7.86. The van der Waals surface area contributed by atoms with Crippen LogP contribution in [0.4, 0.5) is 0 Å². The van der Waals surface area contributed by atoms with Crippen molar-refractivity contribution in [3.8, 4) is 16.9 Å². The van der Waals surface area contributed by atoms with Crippen molar-refractivity contribution in [1.29, 1.82) is 0 Å². The van der Waals surface area contributed by atoms with E-state index in [9.17, 15) is 22.8 Å². The number of thiazole rings is 1. The Balaban J connectivity index is 1.19. The maximum Gasteiger partial charge on any atom is 0.350 e. The zero-order valence-corrected chi connectivity index (χ0v) is 30.0. The van der Waals surface area contributed by atoms with Crippen molar-refractivity contribution in [2.75, 3.05) is 52.4 Å². The molecule has 1 N–H and O–H groups in total. The van der Waals surface area contributed by atoms with Crippen LogP contribution in [0.25, 0.3) is 16.9 Å². The first-order valence-electron chi connectivity index (χ1n) is 15.8. The summed E-state index contributed by atoms with van der Waals surface area (Å²) in [4.78, 5) is 46.9. The third kappa shape index (κ3) is 7.38. The lowest BCUT2D eigenvalue weighted by molar-refractivity contribution is 0.0450. The van der Waals surface area contributed by atoms with Gasteiger partial charge in [0.05, 0.1) is 11.4 Å². The van der Waals surface area contributed by atoms with E-state index in [4.69, 9.17) is 32.9 Å². The summed E-state index contributed by atoms with van der Waals surface area (Å²) in [5.74, 6) is -0.523. The smallest absolute Gasteiger partial charge is 0.350 e. The minimum atomic E-state index is -3.44. The molecule has 0 spiro atoms. The number of ether oxygens (including phenoxy) is 1. The zero-order chi connectivity index (χ0) is 34.9. The van der Waals surface area contributed by atoms with Crippen molar-refractivity contribution in [3.05, 3.63) is 95.0 Å². The van der Waals surface area contributed by atoms with Crippen molar-refractivity contribution in [3.63, 3.8) is 0 Å². The predicted octanol–water partition coefficient (Wildman–Crippen LogP) is 3.79. The molecule has 0 atom stereocenters. The summed E-state index contributed by atoms with van der Waals surface area (Å²) in [6.07, 6.45) is 2.76. The van der Waals surface area contributed by atoms with Gasteiger partial charge in [0.1, 0.15) is 22.7 Å². The average molecular weight is 749 g/mol. The van der Waals surface area contributed by atoms with Crippen LogP contribution in [-0.4, -0.2) is 100 Å². The van der Waals surface area contributed by atoms with Crippen LogP contribution in [0.1, 0.15) is 46.9 Å². The molecule has 0 radical (unpaired) electrons. The summed E-state index contributed by atoms with van der Waals surface area (Å²) in [6.45, 7) is 7.39. The summed E-state index contributed by atoms with van der Waals surface area (Å²) < 4.78 is 35.7. The van der Waals surface area contributed by atoms with Gasteiger partial charge in [-0.3, -0.25) is 14.7 Å². The quantitative estimate of drug-likeness (QED) is 0.239. The normalized spacial score (nSPS) is 16.7. The number of aromatic amines is 1. The third-order valence-electron chi connectivity index (χ3n) is 8.69. The minimum absolute atomic E-state index is 0.125. The largest absolute Gasteiger partial charge is 0.460 e. The number of hydrogen-bond donors (Lipinski definition) is 1. The van der Waals surface area contributed by atoms with Crippen LogP contribution in [0.15, 0.2) is 58.3 Å². The number of nitrogens with zero attached hydrogens (tertiary/aromatic N) is 6. The van der Waals surface area contributed by atoms with Gasteiger partial charge in [0.2, 0.25) is 0 Å². The van der Waals surface area contributed by atoms with Gasteiger partial charge < -0.3 is 4.74 Å². The number of benzene rings is 2. The van der Waals surface area contributed by atoms with Gasteiger partial charge in [0.15, 0.2) is 0 Å². The van der Waals surface area contributed by atoms with Gasteiger partial charge in [-0.15, -0.1) is 11.3 Å². The molecule has 6 rings (SSSR count). The SMILES string of the molecule is CC(C)(c1nc(-c2ccccc2)c(C(=O)OCCN2CCN(S(=O)(=O)N3CCCC3)CC2)s1)c1c(Cl)cc(-n2ncc(=O)[nH]c2=O)cc1Cl. The van der Waals surface area contributed by atoms with Gasteiger partial charge in [-0.25, -0.2) is 14.6 Å². The van der Waals surface area contributed by atoms with Crippen LogP contribution in [0.5, 0.6) is 0 Å². The highest BCUT2D eigenvalue weighted by atomic mass is 35.5. The van der Waals surface area contributed by atoms with Crippen LogP contribution < -0.4 is 11.2 Å². The van der Waals surface area contributed by atoms with Gasteiger partial charge in [-0.1, -0.05) is 53.5 Å². The zero-order valence-electron chi connectivity index (χ0n) is 26.9. The lowest BCUT2D eigenvalue weighted by atomic mass is 9.85. The molecule has 2 aliphatic heterocycles. The fraction of sp³-hybridized carbons (Fsp3) is 0.406. The number of H-pyrrole nitrogens is 1. The molecule has 2 fully saturated rings. The van der Waals surface area contributed by atoms with Crippen molar-refractivity contribution in [2.45, 2.75) is 32.1 Å². The number of hydrogen-bond acceptors (Lipinski definition) is 10. The molecule has 0 aliphatic carbocycles. The highest BCUT2D eigenvalue weighted by Gasteiger charge is 2.36. The lowest BCUT2D eigenvalue weighted by Crippen LogP contribution is -2.53. The fourth-order valence-corrected chi connectivity index (χ4v) is 9.75. The van der Waals surface area contributed by atoms with E-state index in [0.29, 0.717) is 67.0 Å². The van der Waals surface area contributed by atoms with E-state index in [2.05, 4.69) is 15.0 Å². The standard InChI is InChI=1S/C32H35Cl2N7O6S2/c1-32(2,26-23(33)18-22(19-24(26)34)41-31(44)36-25(42)20-35-41)30-37-27(21-8-4-3-5-9-21)28(48-30)29(43)47-17-16-38-12-14-40(15-13-38)49(45,46)39-10-6-7-11-39/h3-5,8-9,18-20H,6-7,10-17H2,1-2H3,(H,36,42,44). The number of aromatic nitrogens is 4. The highest BCUT2D eigenvalue weighted by Crippen LogP contribution is 2.44. The second kappa shape index (κ2) is 14.4. The van der Waals surface area contributed by atoms with Crippen LogP contribution >= 0.6 is 34.5 Å². The number of carbonyl (C=O) groups is 1. The lowest BCUT2D eigenvalue weighted by Gasteiger charge is -2.35. The molecule has 49 heavy (non-hydrogen) atoms. The number of halogens is 2. The maximum atomic E-state index is 13.6. The summed E-state index contributed by atoms with van der Waals surface area (Å²) in [5, 5.41) is 4.91. The molecule has 260 valence electrons. The number of piperazine rings is 1. The van der Waals surface area contributed by atoms with Crippen molar-refractivity contribution >= 4 is 50.7 Å². The van der Waals surface area contributed by atoms with Gasteiger partial charge in [0, 0.05) is 72.4 Å². The Bertz CT molecular complexity index is 2050. The molecule has 17 heteroatoms. The Morgan fingerprint density at radius 3 is 2.24 bits per heavy atom. The predicted molar refractivity (Wildman–Crippen MR) is 188 cm³/mol. The summed E-state index contributed by atoms with van der Waals surface area (Å²) in [5.41, 5.74) is -0.276. The Hall–Kier alpha value is -3.44. The Labute approximate surface area is 297 Å². The first-order valence-corrected chi connectivity index (χ1v) is 18.7. The van der Waals surface area contributed by atoms with Gasteiger partial charge in [-0.05, 0) is 38.8 Å². The van der Waals surface area contributed by atoms with Crippen LogP contribution in [0.2, 0.25) is 10.0 Å². The van der Waals surface area contributed by atoms with Gasteiger partial charge >= 0.3 is 11.7 Å². The van der Waals surface area contributed by atoms with Gasteiger partial charge in [-0.2, -0.15) is 26.8 Å². The monoisotopic (exact) mass is 747 g/mol. The first-order chi connectivity index (χ1) is 23.4. The minimum Gasteiger partial charge on any atom is -0.460 e. The van der Waals surface area contributed by atoms with E-state index in [-0.39, 0.29) is 22.3 Å². The second-order valence-electron chi connectivity index (χ2n) is 12.3. The third-order valence-corrected chi connectivity index (χ3v) is 12.7. The molecule has 2 aromatic carbocycles. The first kappa shape index (κ1) is 35.4.